The van der Waals surface area contributed by atoms with Crippen LogP contribution in [0.5, 0.6) is 5.75 Å². The predicted molar refractivity (Wildman–Crippen MR) is 130 cm³/mol. The van der Waals surface area contributed by atoms with Crippen molar-refractivity contribution < 1.29 is 4.74 Å². The van der Waals surface area contributed by atoms with Crippen molar-refractivity contribution in [2.75, 3.05) is 18.6 Å². The quantitative estimate of drug-likeness (QED) is 0.453. The lowest BCUT2D eigenvalue weighted by molar-refractivity contribution is 0.415. The van der Waals surface area contributed by atoms with Crippen molar-refractivity contribution >= 4 is 40.5 Å². The Morgan fingerprint density at radius 2 is 1.91 bits per heavy atom. The van der Waals surface area contributed by atoms with E-state index in [1.165, 1.54) is 9.13 Å². The fourth-order valence-electron chi connectivity index (χ4n) is 4.17. The van der Waals surface area contributed by atoms with Gasteiger partial charge < -0.3 is 14.2 Å². The molecule has 0 atom stereocenters. The summed E-state index contributed by atoms with van der Waals surface area (Å²) in [5, 5.41) is 0.490. The van der Waals surface area contributed by atoms with Gasteiger partial charge in [0, 0.05) is 32.4 Å². The Labute approximate surface area is 194 Å². The lowest BCUT2D eigenvalue weighted by atomic mass is 10.2. The van der Waals surface area contributed by atoms with E-state index >= 15 is 0 Å². The summed E-state index contributed by atoms with van der Waals surface area (Å²) in [6.07, 6.45) is 3.71. The second-order valence-electron chi connectivity index (χ2n) is 7.78. The summed E-state index contributed by atoms with van der Waals surface area (Å²) in [6, 6.07) is 15.2. The minimum Gasteiger partial charge on any atom is -0.495 e. The highest BCUT2D eigenvalue weighted by atomic mass is 35.5. The maximum absolute atomic E-state index is 13.3. The number of rotatable bonds is 5. The molecule has 0 unspecified atom stereocenters. The lowest BCUT2D eigenvalue weighted by Gasteiger charge is -2.17. The number of methoxy groups -OCH3 is 1. The van der Waals surface area contributed by atoms with Crippen LogP contribution in [0.4, 0.5) is 11.6 Å². The van der Waals surface area contributed by atoms with Gasteiger partial charge in [-0.2, -0.15) is 4.98 Å². The van der Waals surface area contributed by atoms with Crippen LogP contribution < -0.4 is 20.9 Å². The van der Waals surface area contributed by atoms with Crippen molar-refractivity contribution in [1.29, 1.82) is 0 Å². The summed E-state index contributed by atoms with van der Waals surface area (Å²) in [4.78, 5) is 32.9. The molecule has 4 aromatic rings. The second-order valence-corrected chi connectivity index (χ2v) is 8.18. The Balaban J connectivity index is 1.57. The van der Waals surface area contributed by atoms with E-state index in [1.807, 2.05) is 58.0 Å². The number of halogens is 1. The Morgan fingerprint density at radius 3 is 2.64 bits per heavy atom. The van der Waals surface area contributed by atoms with E-state index in [-0.39, 0.29) is 12.1 Å². The number of fused-ring (bicyclic) bond motifs is 3. The summed E-state index contributed by atoms with van der Waals surface area (Å²) in [7, 11) is 3.20. The van der Waals surface area contributed by atoms with Gasteiger partial charge in [0.1, 0.15) is 5.75 Å². The number of aryl methyl sites for hydroxylation is 1. The van der Waals surface area contributed by atoms with E-state index < -0.39 is 5.69 Å². The molecule has 1 aliphatic rings. The summed E-state index contributed by atoms with van der Waals surface area (Å²) in [5.74, 6) is 1.19. The van der Waals surface area contributed by atoms with Crippen LogP contribution in [0.1, 0.15) is 5.56 Å². The van der Waals surface area contributed by atoms with Gasteiger partial charge in [0.2, 0.25) is 5.95 Å². The fraction of sp³-hybridized carbons (Fsp3) is 0.208. The van der Waals surface area contributed by atoms with E-state index in [0.717, 1.165) is 11.3 Å². The van der Waals surface area contributed by atoms with Crippen LogP contribution in [-0.2, 0) is 20.1 Å². The predicted octanol–water partition coefficient (Wildman–Crippen LogP) is 3.42. The van der Waals surface area contributed by atoms with E-state index in [4.69, 9.17) is 16.3 Å². The maximum atomic E-state index is 13.3. The highest BCUT2D eigenvalue weighted by molar-refractivity contribution is 6.32. The third-order valence-corrected chi connectivity index (χ3v) is 6.14. The summed E-state index contributed by atoms with van der Waals surface area (Å²) >= 11 is 6.31. The van der Waals surface area contributed by atoms with E-state index in [1.54, 1.807) is 26.3 Å². The molecule has 5 rings (SSSR count). The standard InChI is InChI=1S/C24H22ClN5O3/c1-27-21-20(22(31)30(24(27)32)12-6-9-16-7-4-3-5-8-16)29-14-13-28(23(29)26-21)17-10-11-19(33-2)18(25)15-17/h3-11,15H,12-14H2,1-2H3/b9-6+. The number of aromatic nitrogens is 4. The van der Waals surface area contributed by atoms with Crippen molar-refractivity contribution in [2.24, 2.45) is 7.05 Å². The van der Waals surface area contributed by atoms with Crippen molar-refractivity contribution in [3.8, 4) is 5.75 Å². The molecule has 0 amide bonds. The molecule has 3 heterocycles. The minimum atomic E-state index is -0.402. The number of imidazole rings is 1. The zero-order valence-electron chi connectivity index (χ0n) is 18.2. The van der Waals surface area contributed by atoms with Crippen molar-refractivity contribution in [3.63, 3.8) is 0 Å². The SMILES string of the molecule is COc1ccc(N2CCn3c2nc2c3c(=O)n(C/C=C/c3ccccc3)c(=O)n2C)cc1Cl. The van der Waals surface area contributed by atoms with Gasteiger partial charge in [0.05, 0.1) is 12.1 Å². The number of benzene rings is 2. The molecule has 168 valence electrons. The number of ether oxygens (including phenoxy) is 1. The molecule has 0 aliphatic carbocycles. The fourth-order valence-corrected chi connectivity index (χ4v) is 4.42. The van der Waals surface area contributed by atoms with Gasteiger partial charge in [-0.1, -0.05) is 54.1 Å². The molecule has 33 heavy (non-hydrogen) atoms. The van der Waals surface area contributed by atoms with Gasteiger partial charge in [0.15, 0.2) is 11.2 Å². The Kier molecular flexibility index (Phi) is 5.30. The van der Waals surface area contributed by atoms with Gasteiger partial charge in [0.25, 0.3) is 5.56 Å². The third kappa shape index (κ3) is 3.52. The summed E-state index contributed by atoms with van der Waals surface area (Å²) in [5.41, 5.74) is 1.88. The van der Waals surface area contributed by atoms with Crippen LogP contribution in [0.15, 0.2) is 64.2 Å². The zero-order valence-corrected chi connectivity index (χ0v) is 19.0. The molecule has 8 nitrogen and oxygen atoms in total. The van der Waals surface area contributed by atoms with Crippen LogP contribution >= 0.6 is 11.6 Å². The van der Waals surface area contributed by atoms with Gasteiger partial charge in [-0.3, -0.25) is 13.9 Å². The third-order valence-electron chi connectivity index (χ3n) is 5.85. The smallest absolute Gasteiger partial charge is 0.332 e. The molecule has 0 bridgehead atoms. The molecule has 0 fully saturated rings. The summed E-state index contributed by atoms with van der Waals surface area (Å²) < 4.78 is 9.77. The summed E-state index contributed by atoms with van der Waals surface area (Å²) in [6.45, 7) is 1.38. The monoisotopic (exact) mass is 463 g/mol. The number of nitrogens with zero attached hydrogens (tertiary/aromatic N) is 5. The lowest BCUT2D eigenvalue weighted by Crippen LogP contribution is -2.39. The molecular weight excluding hydrogens is 442 g/mol. The van der Waals surface area contributed by atoms with Crippen LogP contribution in [-0.4, -0.2) is 32.3 Å². The molecule has 0 saturated heterocycles. The van der Waals surface area contributed by atoms with Gasteiger partial charge >= 0.3 is 5.69 Å². The van der Waals surface area contributed by atoms with Gasteiger partial charge in [-0.15, -0.1) is 0 Å². The average Bonchev–Trinajstić information content (AvgIpc) is 3.40. The van der Waals surface area contributed by atoms with E-state index in [9.17, 15) is 9.59 Å². The van der Waals surface area contributed by atoms with E-state index in [2.05, 4.69) is 4.98 Å². The molecule has 2 aromatic heterocycles. The van der Waals surface area contributed by atoms with Crippen molar-refractivity contribution in [2.45, 2.75) is 13.1 Å². The maximum Gasteiger partial charge on any atom is 0.332 e. The topological polar surface area (TPSA) is 74.3 Å². The minimum absolute atomic E-state index is 0.175. The molecule has 1 aliphatic heterocycles. The molecule has 9 heteroatoms. The molecule has 2 aromatic carbocycles. The van der Waals surface area contributed by atoms with Crippen molar-refractivity contribution in [1.82, 2.24) is 18.7 Å². The number of anilines is 2. The van der Waals surface area contributed by atoms with Crippen LogP contribution in [0.2, 0.25) is 5.02 Å². The highest BCUT2D eigenvalue weighted by Crippen LogP contribution is 2.35. The molecule has 0 radical (unpaired) electrons. The number of hydrogen-bond donors (Lipinski definition) is 0. The Morgan fingerprint density at radius 1 is 1.12 bits per heavy atom. The highest BCUT2D eigenvalue weighted by Gasteiger charge is 2.29. The number of hydrogen-bond acceptors (Lipinski definition) is 5. The van der Waals surface area contributed by atoms with Crippen LogP contribution in [0.3, 0.4) is 0 Å². The Bertz CT molecular complexity index is 1500. The Hall–Kier alpha value is -3.78. The first-order valence-electron chi connectivity index (χ1n) is 10.5. The number of allylic oxidation sites excluding steroid dienone is 1. The van der Waals surface area contributed by atoms with E-state index in [0.29, 0.717) is 41.0 Å². The molecular formula is C24H22ClN5O3. The molecule has 0 saturated carbocycles. The van der Waals surface area contributed by atoms with Crippen molar-refractivity contribution in [3.05, 3.63) is 86.0 Å². The normalized spacial score (nSPS) is 13.2. The first-order chi connectivity index (χ1) is 16.0. The molecule has 0 N–H and O–H groups in total. The second kappa shape index (κ2) is 8.29. The first-order valence-corrected chi connectivity index (χ1v) is 10.9. The average molecular weight is 464 g/mol. The molecule has 0 spiro atoms. The largest absolute Gasteiger partial charge is 0.495 e. The van der Waals surface area contributed by atoms with Gasteiger partial charge in [-0.05, 0) is 23.8 Å². The van der Waals surface area contributed by atoms with Crippen LogP contribution in [0.25, 0.3) is 17.2 Å². The van der Waals surface area contributed by atoms with Gasteiger partial charge in [-0.25, -0.2) is 4.79 Å². The zero-order chi connectivity index (χ0) is 23.1. The first kappa shape index (κ1) is 21.1. The van der Waals surface area contributed by atoms with Crippen LogP contribution in [0, 0.1) is 0 Å².